The first-order chi connectivity index (χ1) is 16.0. The van der Waals surface area contributed by atoms with E-state index in [-0.39, 0.29) is 17.0 Å². The van der Waals surface area contributed by atoms with Gasteiger partial charge in [-0.05, 0) is 37.1 Å². The molecule has 168 valence electrons. The van der Waals surface area contributed by atoms with E-state index in [0.29, 0.717) is 37.4 Å². The molecule has 2 N–H and O–H groups in total. The summed E-state index contributed by atoms with van der Waals surface area (Å²) in [6, 6.07) is 10.9. The molecule has 0 bridgehead atoms. The molecule has 1 saturated heterocycles. The minimum Gasteiger partial charge on any atom is -0.477 e. The Kier molecular flexibility index (Phi) is 4.39. The summed E-state index contributed by atoms with van der Waals surface area (Å²) in [7, 11) is 0. The first kappa shape index (κ1) is 19.8. The average molecular weight is 447 g/mol. The molecule has 1 saturated carbocycles. The molecule has 9 heteroatoms. The molecular weight excluding hydrogens is 425 g/mol. The number of H-pyrrole nitrogens is 1. The molecule has 0 spiro atoms. The van der Waals surface area contributed by atoms with Gasteiger partial charge in [-0.25, -0.2) is 14.2 Å². The summed E-state index contributed by atoms with van der Waals surface area (Å²) in [4.78, 5) is 36.3. The van der Waals surface area contributed by atoms with Crippen LogP contribution in [0.2, 0.25) is 0 Å². The second-order valence-electron chi connectivity index (χ2n) is 8.69. The van der Waals surface area contributed by atoms with Crippen molar-refractivity contribution in [3.05, 3.63) is 64.2 Å². The van der Waals surface area contributed by atoms with Crippen molar-refractivity contribution in [2.75, 3.05) is 36.0 Å². The monoisotopic (exact) mass is 447 g/mol. The van der Waals surface area contributed by atoms with E-state index in [2.05, 4.69) is 14.9 Å². The average Bonchev–Trinajstić information content (AvgIpc) is 3.57. The molecular formula is C24H22FN5O3. The van der Waals surface area contributed by atoms with E-state index in [1.165, 1.54) is 12.3 Å². The second-order valence-corrected chi connectivity index (χ2v) is 8.69. The molecule has 2 fully saturated rings. The number of benzene rings is 2. The van der Waals surface area contributed by atoms with Crippen LogP contribution < -0.4 is 15.2 Å². The van der Waals surface area contributed by atoms with Crippen LogP contribution in [0.25, 0.3) is 21.9 Å². The van der Waals surface area contributed by atoms with Gasteiger partial charge in [-0.3, -0.25) is 4.79 Å². The lowest BCUT2D eigenvalue weighted by Crippen LogP contribution is -2.47. The number of pyridine rings is 1. The fourth-order valence-corrected chi connectivity index (χ4v) is 4.66. The number of anilines is 2. The van der Waals surface area contributed by atoms with Gasteiger partial charge in [0.05, 0.1) is 22.2 Å². The van der Waals surface area contributed by atoms with Gasteiger partial charge in [-0.15, -0.1) is 0 Å². The van der Waals surface area contributed by atoms with Crippen LogP contribution in [0.3, 0.4) is 0 Å². The molecule has 2 aromatic carbocycles. The maximum Gasteiger partial charge on any atom is 0.341 e. The number of carboxylic acid groups (broad SMARTS) is 1. The number of hydrogen-bond donors (Lipinski definition) is 2. The van der Waals surface area contributed by atoms with Gasteiger partial charge in [0.15, 0.2) is 0 Å². The number of aromatic nitrogens is 3. The van der Waals surface area contributed by atoms with Crippen molar-refractivity contribution in [1.82, 2.24) is 14.5 Å². The summed E-state index contributed by atoms with van der Waals surface area (Å²) in [5.74, 6) is -0.997. The topological polar surface area (TPSA) is 94.5 Å². The quantitative estimate of drug-likeness (QED) is 0.498. The van der Waals surface area contributed by atoms with Gasteiger partial charge in [0.2, 0.25) is 11.4 Å². The Hall–Kier alpha value is -3.88. The number of piperazine rings is 1. The van der Waals surface area contributed by atoms with Gasteiger partial charge >= 0.3 is 5.97 Å². The lowest BCUT2D eigenvalue weighted by atomic mass is 10.1. The molecule has 0 amide bonds. The highest BCUT2D eigenvalue weighted by Gasteiger charge is 2.28. The number of halogens is 1. The zero-order valence-electron chi connectivity index (χ0n) is 17.8. The number of nitrogens with zero attached hydrogens (tertiary/aromatic N) is 4. The van der Waals surface area contributed by atoms with E-state index < -0.39 is 17.2 Å². The summed E-state index contributed by atoms with van der Waals surface area (Å²) < 4.78 is 17.0. The van der Waals surface area contributed by atoms with E-state index >= 15 is 4.39 Å². The third-order valence-electron chi connectivity index (χ3n) is 6.57. The Morgan fingerprint density at radius 3 is 2.52 bits per heavy atom. The van der Waals surface area contributed by atoms with Crippen molar-refractivity contribution >= 4 is 39.5 Å². The fraction of sp³-hybridized carbons (Fsp3) is 0.292. The van der Waals surface area contributed by atoms with Crippen molar-refractivity contribution in [3.63, 3.8) is 0 Å². The summed E-state index contributed by atoms with van der Waals surface area (Å²) in [5, 5.41) is 9.53. The van der Waals surface area contributed by atoms with Crippen LogP contribution in [0.4, 0.5) is 16.0 Å². The predicted molar refractivity (Wildman–Crippen MR) is 124 cm³/mol. The van der Waals surface area contributed by atoms with E-state index in [4.69, 9.17) is 0 Å². The molecule has 1 aliphatic heterocycles. The van der Waals surface area contributed by atoms with Gasteiger partial charge in [0, 0.05) is 43.8 Å². The van der Waals surface area contributed by atoms with Gasteiger partial charge in [0.1, 0.15) is 11.4 Å². The summed E-state index contributed by atoms with van der Waals surface area (Å²) >= 11 is 0. The Bertz CT molecular complexity index is 1430. The molecule has 33 heavy (non-hydrogen) atoms. The van der Waals surface area contributed by atoms with Crippen LogP contribution >= 0.6 is 0 Å². The van der Waals surface area contributed by atoms with Gasteiger partial charge in [-0.1, -0.05) is 12.1 Å². The molecule has 1 aliphatic carbocycles. The lowest BCUT2D eigenvalue weighted by Gasteiger charge is -2.36. The molecule has 2 aliphatic rings. The standard InChI is InChI=1S/C24H22FN5O3/c25-17-11-15-20(30(14-5-6-14)13-16(22(15)31)23(32)33)12-21(17)28-7-9-29(10-8-28)24-26-18-3-1-2-4-19(18)27-24/h1-4,11-14H,5-10H2,(H,26,27)(H,32,33). The SMILES string of the molecule is O=C(O)c1cn(C2CC2)c2cc(N3CCN(c4nc5ccccc5[nH]4)CC3)c(F)cc2c1=O. The molecule has 2 aromatic heterocycles. The van der Waals surface area contributed by atoms with Crippen LogP contribution in [0.15, 0.2) is 47.4 Å². The number of carboxylic acids is 1. The van der Waals surface area contributed by atoms with E-state index in [9.17, 15) is 14.7 Å². The van der Waals surface area contributed by atoms with Gasteiger partial charge in [-0.2, -0.15) is 0 Å². The van der Waals surface area contributed by atoms with Crippen LogP contribution in [0, 0.1) is 5.82 Å². The fourth-order valence-electron chi connectivity index (χ4n) is 4.66. The summed E-state index contributed by atoms with van der Waals surface area (Å²) in [5.41, 5.74) is 1.95. The molecule has 0 atom stereocenters. The maximum absolute atomic E-state index is 15.2. The van der Waals surface area contributed by atoms with Crippen molar-refractivity contribution < 1.29 is 14.3 Å². The van der Waals surface area contributed by atoms with Crippen molar-refractivity contribution in [2.45, 2.75) is 18.9 Å². The minimum absolute atomic E-state index is 0.115. The number of rotatable bonds is 4. The van der Waals surface area contributed by atoms with Gasteiger partial charge < -0.3 is 24.5 Å². The van der Waals surface area contributed by atoms with Crippen LogP contribution in [0.1, 0.15) is 29.2 Å². The largest absolute Gasteiger partial charge is 0.477 e. The highest BCUT2D eigenvalue weighted by molar-refractivity contribution is 5.93. The van der Waals surface area contributed by atoms with Crippen LogP contribution in [-0.4, -0.2) is 51.8 Å². The number of aromatic carboxylic acids is 1. The van der Waals surface area contributed by atoms with Crippen LogP contribution in [0.5, 0.6) is 0 Å². The number of hydrogen-bond acceptors (Lipinski definition) is 5. The molecule has 6 rings (SSSR count). The summed E-state index contributed by atoms with van der Waals surface area (Å²) in [6.07, 6.45) is 3.24. The Balaban J connectivity index is 1.32. The first-order valence-electron chi connectivity index (χ1n) is 11.1. The third-order valence-corrected chi connectivity index (χ3v) is 6.57. The zero-order valence-corrected chi connectivity index (χ0v) is 17.8. The number of para-hydroxylation sites is 2. The number of carbonyl (C=O) groups is 1. The first-order valence-corrected chi connectivity index (χ1v) is 11.1. The van der Waals surface area contributed by atoms with Crippen molar-refractivity contribution in [1.29, 1.82) is 0 Å². The molecule has 4 aromatic rings. The molecule has 3 heterocycles. The second kappa shape index (κ2) is 7.33. The highest BCUT2D eigenvalue weighted by atomic mass is 19.1. The molecule has 8 nitrogen and oxygen atoms in total. The lowest BCUT2D eigenvalue weighted by molar-refractivity contribution is 0.0695. The predicted octanol–water partition coefficient (Wildman–Crippen LogP) is 3.38. The van der Waals surface area contributed by atoms with Crippen molar-refractivity contribution in [2.24, 2.45) is 0 Å². The number of aromatic amines is 1. The number of fused-ring (bicyclic) bond motifs is 2. The van der Waals surface area contributed by atoms with Crippen LogP contribution in [-0.2, 0) is 0 Å². The normalized spacial score (nSPS) is 16.6. The highest BCUT2D eigenvalue weighted by Crippen LogP contribution is 2.38. The number of imidazole rings is 1. The molecule has 0 radical (unpaired) electrons. The van der Waals surface area contributed by atoms with Gasteiger partial charge in [0.25, 0.3) is 0 Å². The van der Waals surface area contributed by atoms with E-state index in [0.717, 1.165) is 29.8 Å². The smallest absolute Gasteiger partial charge is 0.341 e. The summed E-state index contributed by atoms with van der Waals surface area (Å²) in [6.45, 7) is 2.54. The third kappa shape index (κ3) is 3.31. The molecule has 0 unspecified atom stereocenters. The zero-order chi connectivity index (χ0) is 22.7. The Labute approximate surface area is 187 Å². The van der Waals surface area contributed by atoms with E-state index in [1.54, 1.807) is 6.07 Å². The Morgan fingerprint density at radius 2 is 1.82 bits per heavy atom. The number of nitrogens with one attached hydrogen (secondary N) is 1. The van der Waals surface area contributed by atoms with E-state index in [1.807, 2.05) is 33.7 Å². The Morgan fingerprint density at radius 1 is 1.09 bits per heavy atom. The maximum atomic E-state index is 15.2. The minimum atomic E-state index is -1.29. The van der Waals surface area contributed by atoms with Crippen molar-refractivity contribution in [3.8, 4) is 0 Å².